The van der Waals surface area contributed by atoms with Gasteiger partial charge in [-0.3, -0.25) is 4.79 Å². The lowest BCUT2D eigenvalue weighted by atomic mass is 9.99. The molecule has 1 aliphatic rings. The summed E-state index contributed by atoms with van der Waals surface area (Å²) in [6.45, 7) is 3.72. The largest absolute Gasteiger partial charge is 0.338 e. The van der Waals surface area contributed by atoms with Gasteiger partial charge in [0.15, 0.2) is 9.84 Å². The SMILES string of the molecule is C[C@@H]1CCCN(C(=O)c2ccc(S(C)(=O)=O)cc2)C1. The van der Waals surface area contributed by atoms with E-state index in [1.54, 1.807) is 12.1 Å². The van der Waals surface area contributed by atoms with Crippen molar-refractivity contribution in [3.63, 3.8) is 0 Å². The summed E-state index contributed by atoms with van der Waals surface area (Å²) in [6.07, 6.45) is 3.36. The Hall–Kier alpha value is -1.36. The maximum Gasteiger partial charge on any atom is 0.253 e. The molecule has 104 valence electrons. The number of nitrogens with zero attached hydrogens (tertiary/aromatic N) is 1. The number of piperidine rings is 1. The smallest absolute Gasteiger partial charge is 0.253 e. The van der Waals surface area contributed by atoms with Crippen molar-refractivity contribution < 1.29 is 13.2 Å². The van der Waals surface area contributed by atoms with Gasteiger partial charge < -0.3 is 4.90 Å². The van der Waals surface area contributed by atoms with Crippen LogP contribution in [0.1, 0.15) is 30.1 Å². The van der Waals surface area contributed by atoms with Gasteiger partial charge in [-0.1, -0.05) is 6.92 Å². The molecule has 0 radical (unpaired) electrons. The average molecular weight is 281 g/mol. The minimum absolute atomic E-state index is 0.00778. The monoisotopic (exact) mass is 281 g/mol. The molecule has 0 N–H and O–H groups in total. The fourth-order valence-electron chi connectivity index (χ4n) is 2.40. The Morgan fingerprint density at radius 3 is 2.42 bits per heavy atom. The number of benzene rings is 1. The number of hydrogen-bond acceptors (Lipinski definition) is 3. The van der Waals surface area contributed by atoms with Gasteiger partial charge in [0.1, 0.15) is 0 Å². The van der Waals surface area contributed by atoms with Gasteiger partial charge in [0.2, 0.25) is 0 Å². The molecule has 1 aliphatic heterocycles. The first-order valence-electron chi connectivity index (χ1n) is 6.47. The summed E-state index contributed by atoms with van der Waals surface area (Å²) in [4.78, 5) is 14.4. The molecule has 4 nitrogen and oxygen atoms in total. The fourth-order valence-corrected chi connectivity index (χ4v) is 3.03. The first-order chi connectivity index (χ1) is 8.88. The normalized spacial score (nSPS) is 20.3. The first kappa shape index (κ1) is 14.1. The molecular formula is C14H19NO3S. The third-order valence-electron chi connectivity index (χ3n) is 3.47. The number of rotatable bonds is 2. The molecule has 1 saturated heterocycles. The van der Waals surface area contributed by atoms with E-state index in [0.29, 0.717) is 11.5 Å². The van der Waals surface area contributed by atoms with Crippen LogP contribution in [0.5, 0.6) is 0 Å². The second-order valence-electron chi connectivity index (χ2n) is 5.30. The van der Waals surface area contributed by atoms with E-state index in [2.05, 4.69) is 6.92 Å². The van der Waals surface area contributed by atoms with Crippen LogP contribution in [0.4, 0.5) is 0 Å². The molecular weight excluding hydrogens is 262 g/mol. The molecule has 0 bridgehead atoms. The van der Waals surface area contributed by atoms with Gasteiger partial charge in [0.05, 0.1) is 4.90 Å². The molecule has 1 fully saturated rings. The lowest BCUT2D eigenvalue weighted by Crippen LogP contribution is -2.39. The number of amides is 1. The minimum atomic E-state index is -3.20. The van der Waals surface area contributed by atoms with E-state index in [4.69, 9.17) is 0 Å². The molecule has 19 heavy (non-hydrogen) atoms. The molecule has 0 aromatic heterocycles. The first-order valence-corrected chi connectivity index (χ1v) is 8.36. The maximum atomic E-state index is 12.3. The van der Waals surface area contributed by atoms with E-state index in [1.165, 1.54) is 12.1 Å². The Labute approximate surface area is 114 Å². The van der Waals surface area contributed by atoms with E-state index in [1.807, 2.05) is 4.90 Å². The van der Waals surface area contributed by atoms with Crippen molar-refractivity contribution in [3.05, 3.63) is 29.8 Å². The summed E-state index contributed by atoms with van der Waals surface area (Å²) < 4.78 is 22.7. The lowest BCUT2D eigenvalue weighted by Gasteiger charge is -2.31. The molecule has 2 rings (SSSR count). The molecule has 0 aliphatic carbocycles. The fraction of sp³-hybridized carbons (Fsp3) is 0.500. The van der Waals surface area contributed by atoms with Crippen molar-refractivity contribution in [2.45, 2.75) is 24.7 Å². The van der Waals surface area contributed by atoms with Crippen LogP contribution in [-0.4, -0.2) is 38.6 Å². The highest BCUT2D eigenvalue weighted by molar-refractivity contribution is 7.90. The molecule has 1 atom stereocenters. The van der Waals surface area contributed by atoms with Gasteiger partial charge >= 0.3 is 0 Å². The Bertz CT molecular complexity index is 563. The van der Waals surface area contributed by atoms with Gasteiger partial charge in [0.25, 0.3) is 5.91 Å². The Morgan fingerprint density at radius 1 is 1.26 bits per heavy atom. The van der Waals surface area contributed by atoms with Crippen molar-refractivity contribution in [1.82, 2.24) is 4.90 Å². The van der Waals surface area contributed by atoms with Crippen molar-refractivity contribution >= 4 is 15.7 Å². The maximum absolute atomic E-state index is 12.3. The minimum Gasteiger partial charge on any atom is -0.338 e. The third-order valence-corrected chi connectivity index (χ3v) is 4.60. The van der Waals surface area contributed by atoms with Gasteiger partial charge in [0, 0.05) is 24.9 Å². The van der Waals surface area contributed by atoms with Crippen LogP contribution in [0.2, 0.25) is 0 Å². The van der Waals surface area contributed by atoms with E-state index in [9.17, 15) is 13.2 Å². The molecule has 0 unspecified atom stereocenters. The number of carbonyl (C=O) groups excluding carboxylic acids is 1. The topological polar surface area (TPSA) is 54.5 Å². The number of sulfone groups is 1. The van der Waals surface area contributed by atoms with Crippen molar-refractivity contribution in [3.8, 4) is 0 Å². The molecule has 5 heteroatoms. The number of carbonyl (C=O) groups is 1. The summed E-state index contributed by atoms with van der Waals surface area (Å²) in [5, 5.41) is 0. The number of likely N-dealkylation sites (tertiary alicyclic amines) is 1. The van der Waals surface area contributed by atoms with E-state index >= 15 is 0 Å². The van der Waals surface area contributed by atoms with E-state index < -0.39 is 9.84 Å². The van der Waals surface area contributed by atoms with Gasteiger partial charge in [-0.15, -0.1) is 0 Å². The molecule has 1 heterocycles. The van der Waals surface area contributed by atoms with Crippen LogP contribution in [0.15, 0.2) is 29.2 Å². The van der Waals surface area contributed by atoms with Crippen molar-refractivity contribution in [2.75, 3.05) is 19.3 Å². The van der Waals surface area contributed by atoms with Crippen molar-refractivity contribution in [1.29, 1.82) is 0 Å². The predicted molar refractivity (Wildman–Crippen MR) is 73.9 cm³/mol. The molecule has 1 amide bonds. The number of hydrogen-bond donors (Lipinski definition) is 0. The van der Waals surface area contributed by atoms with Gasteiger partial charge in [-0.25, -0.2) is 8.42 Å². The van der Waals surface area contributed by atoms with Crippen LogP contribution < -0.4 is 0 Å². The quantitative estimate of drug-likeness (QED) is 0.832. The zero-order valence-corrected chi connectivity index (χ0v) is 12.1. The second-order valence-corrected chi connectivity index (χ2v) is 7.31. The predicted octanol–water partition coefficient (Wildman–Crippen LogP) is 1.96. The zero-order chi connectivity index (χ0) is 14.0. The molecule has 0 saturated carbocycles. The highest BCUT2D eigenvalue weighted by Gasteiger charge is 2.22. The van der Waals surface area contributed by atoms with Crippen LogP contribution in [-0.2, 0) is 9.84 Å². The lowest BCUT2D eigenvalue weighted by molar-refractivity contribution is 0.0683. The third kappa shape index (κ3) is 3.35. The van der Waals surface area contributed by atoms with Crippen molar-refractivity contribution in [2.24, 2.45) is 5.92 Å². The summed E-state index contributed by atoms with van der Waals surface area (Å²) in [7, 11) is -3.20. The summed E-state index contributed by atoms with van der Waals surface area (Å²) in [6, 6.07) is 6.18. The molecule has 0 spiro atoms. The average Bonchev–Trinajstić information content (AvgIpc) is 2.37. The summed E-state index contributed by atoms with van der Waals surface area (Å²) >= 11 is 0. The molecule has 1 aromatic rings. The van der Waals surface area contributed by atoms with E-state index in [-0.39, 0.29) is 10.8 Å². The van der Waals surface area contributed by atoms with Crippen LogP contribution in [0.25, 0.3) is 0 Å². The highest BCUT2D eigenvalue weighted by Crippen LogP contribution is 2.18. The zero-order valence-electron chi connectivity index (χ0n) is 11.3. The second kappa shape index (κ2) is 5.33. The highest BCUT2D eigenvalue weighted by atomic mass is 32.2. The Morgan fingerprint density at radius 2 is 1.89 bits per heavy atom. The van der Waals surface area contributed by atoms with Crippen LogP contribution in [0, 0.1) is 5.92 Å². The van der Waals surface area contributed by atoms with E-state index in [0.717, 1.165) is 32.2 Å². The molecule has 1 aromatic carbocycles. The van der Waals surface area contributed by atoms with Crippen LogP contribution >= 0.6 is 0 Å². The summed E-state index contributed by atoms with van der Waals surface area (Å²) in [5.41, 5.74) is 0.557. The van der Waals surface area contributed by atoms with Crippen LogP contribution in [0.3, 0.4) is 0 Å². The standard InChI is InChI=1S/C14H19NO3S/c1-11-4-3-9-15(10-11)14(16)12-5-7-13(8-6-12)19(2,17)18/h5-8,11H,3-4,9-10H2,1-2H3/t11-/m1/s1. The summed E-state index contributed by atoms with van der Waals surface area (Å²) in [5.74, 6) is 0.527. The Balaban J connectivity index is 2.16. The van der Waals surface area contributed by atoms with Gasteiger partial charge in [-0.05, 0) is 43.0 Å². The Kier molecular flexibility index (Phi) is 3.94. The van der Waals surface area contributed by atoms with Gasteiger partial charge in [-0.2, -0.15) is 0 Å².